The lowest BCUT2D eigenvalue weighted by molar-refractivity contribution is -0.360. The first-order valence-electron chi connectivity index (χ1n) is 9.94. The summed E-state index contributed by atoms with van der Waals surface area (Å²) in [7, 11) is 0. The molecule has 1 saturated heterocycles. The lowest BCUT2D eigenvalue weighted by atomic mass is 10.0. The quantitative estimate of drug-likeness (QED) is 0.483. The summed E-state index contributed by atoms with van der Waals surface area (Å²) >= 11 is 0. The summed E-state index contributed by atoms with van der Waals surface area (Å²) in [5.41, 5.74) is 1.97. The van der Waals surface area contributed by atoms with Crippen LogP contribution in [0.1, 0.15) is 12.8 Å². The van der Waals surface area contributed by atoms with E-state index in [1.807, 2.05) is 18.2 Å². The maximum absolute atomic E-state index is 13.1. The van der Waals surface area contributed by atoms with Crippen molar-refractivity contribution < 1.29 is 31.8 Å². The van der Waals surface area contributed by atoms with E-state index in [-0.39, 0.29) is 11.9 Å². The number of anilines is 2. The molecule has 32 heavy (non-hydrogen) atoms. The van der Waals surface area contributed by atoms with Crippen molar-refractivity contribution in [2.45, 2.75) is 31.2 Å². The van der Waals surface area contributed by atoms with Crippen molar-refractivity contribution in [2.75, 3.05) is 23.3 Å². The average molecular weight is 452 g/mol. The number of fused-ring (bicyclic) bond motifs is 1. The number of hydrogen-bond acceptors (Lipinski definition) is 4. The zero-order valence-electron chi connectivity index (χ0n) is 16.7. The van der Waals surface area contributed by atoms with Crippen LogP contribution in [0.4, 0.5) is 33.3 Å². The number of nitrogens with one attached hydrogen (secondary N) is 1. The van der Waals surface area contributed by atoms with Crippen LogP contribution in [0.3, 0.4) is 0 Å². The van der Waals surface area contributed by atoms with Gasteiger partial charge < -0.3 is 15.0 Å². The van der Waals surface area contributed by atoms with E-state index in [0.29, 0.717) is 24.3 Å². The Morgan fingerprint density at radius 2 is 1.69 bits per heavy atom. The summed E-state index contributed by atoms with van der Waals surface area (Å²) in [6.45, 7) is 1.39. The number of ether oxygens (including phenoxy) is 1. The standard InChI is InChI=1S/C22H19F5N3O2/c23-21(24,25)22(26,27)32-18-3-1-2-16(12-18)28-15-8-10-30(11-9-15)17-6-4-14-5-7-20(31)29-19(14)13-17/h1-7,12-13,15,28H,8-11H2. The summed E-state index contributed by atoms with van der Waals surface area (Å²) < 4.78 is 67.2. The molecule has 1 fully saturated rings. The first kappa shape index (κ1) is 21.9. The Morgan fingerprint density at radius 3 is 2.41 bits per heavy atom. The SMILES string of the molecule is [O]c1ccc2ccc(N3CCC(Nc4cccc(OC(F)(F)C(F)(F)F)c4)CC3)cc2n1. The van der Waals surface area contributed by atoms with Crippen molar-refractivity contribution in [1.82, 2.24) is 4.98 Å². The Morgan fingerprint density at radius 1 is 0.969 bits per heavy atom. The molecule has 0 amide bonds. The smallest absolute Gasteiger partial charge is 0.426 e. The van der Waals surface area contributed by atoms with Crippen LogP contribution in [0.25, 0.3) is 10.9 Å². The zero-order valence-corrected chi connectivity index (χ0v) is 16.7. The van der Waals surface area contributed by atoms with Gasteiger partial charge in [0.15, 0.2) is 0 Å². The fourth-order valence-electron chi connectivity index (χ4n) is 3.66. The minimum atomic E-state index is -5.79. The number of halogens is 5. The molecule has 0 saturated carbocycles. The minimum Gasteiger partial charge on any atom is -0.426 e. The molecule has 10 heteroatoms. The van der Waals surface area contributed by atoms with Gasteiger partial charge in [0.1, 0.15) is 5.75 Å². The highest BCUT2D eigenvalue weighted by molar-refractivity contribution is 5.82. The van der Waals surface area contributed by atoms with Crippen molar-refractivity contribution in [3.05, 3.63) is 54.6 Å². The molecule has 2 heterocycles. The highest BCUT2D eigenvalue weighted by Gasteiger charge is 2.61. The normalized spacial score (nSPS) is 15.7. The second kappa shape index (κ2) is 8.33. The molecule has 4 rings (SSSR count). The van der Waals surface area contributed by atoms with Gasteiger partial charge in [-0.25, -0.2) is 4.98 Å². The first-order valence-corrected chi connectivity index (χ1v) is 9.94. The number of hydrogen-bond donors (Lipinski definition) is 1. The fraction of sp³-hybridized carbons (Fsp3) is 0.318. The molecule has 5 nitrogen and oxygen atoms in total. The molecule has 1 aliphatic rings. The number of aromatic nitrogens is 1. The molecule has 0 spiro atoms. The number of alkyl halides is 5. The second-order valence-electron chi connectivity index (χ2n) is 7.58. The van der Waals surface area contributed by atoms with Crippen molar-refractivity contribution >= 4 is 22.3 Å². The van der Waals surface area contributed by atoms with Gasteiger partial charge >= 0.3 is 12.3 Å². The van der Waals surface area contributed by atoms with E-state index < -0.39 is 18.0 Å². The van der Waals surface area contributed by atoms with Gasteiger partial charge in [-0.2, -0.15) is 22.0 Å². The summed E-state index contributed by atoms with van der Waals surface area (Å²) in [5, 5.41) is 15.5. The molecule has 0 atom stereocenters. The predicted octanol–water partition coefficient (Wildman–Crippen LogP) is 5.99. The molecule has 3 aromatic rings. The second-order valence-corrected chi connectivity index (χ2v) is 7.58. The van der Waals surface area contributed by atoms with E-state index in [1.54, 1.807) is 12.1 Å². The predicted molar refractivity (Wildman–Crippen MR) is 109 cm³/mol. The highest BCUT2D eigenvalue weighted by Crippen LogP contribution is 2.38. The molecular formula is C22H19F5N3O2. The third-order valence-electron chi connectivity index (χ3n) is 5.29. The average Bonchev–Trinajstić information content (AvgIpc) is 2.73. The molecule has 169 valence electrons. The molecule has 1 aromatic heterocycles. The first-order chi connectivity index (χ1) is 15.1. The Hall–Kier alpha value is -3.30. The maximum atomic E-state index is 13.1. The van der Waals surface area contributed by atoms with Crippen LogP contribution < -0.4 is 15.0 Å². The van der Waals surface area contributed by atoms with Gasteiger partial charge in [-0.05, 0) is 43.2 Å². The van der Waals surface area contributed by atoms with Gasteiger partial charge in [0, 0.05) is 48.0 Å². The molecule has 2 aromatic carbocycles. The molecule has 1 aliphatic heterocycles. The van der Waals surface area contributed by atoms with Gasteiger partial charge in [0.2, 0.25) is 0 Å². The van der Waals surface area contributed by atoms with Crippen molar-refractivity contribution in [3.63, 3.8) is 0 Å². The van der Waals surface area contributed by atoms with Gasteiger partial charge in [0.25, 0.3) is 5.88 Å². The zero-order chi connectivity index (χ0) is 22.9. The molecule has 1 N–H and O–H groups in total. The molecule has 0 unspecified atom stereocenters. The molecule has 1 radical (unpaired) electrons. The van der Waals surface area contributed by atoms with E-state index in [9.17, 15) is 27.1 Å². The lowest BCUT2D eigenvalue weighted by Crippen LogP contribution is -2.41. The van der Waals surface area contributed by atoms with Gasteiger partial charge in [-0.15, -0.1) is 0 Å². The van der Waals surface area contributed by atoms with Crippen LogP contribution in [0.5, 0.6) is 11.6 Å². The van der Waals surface area contributed by atoms with Crippen LogP contribution in [0.15, 0.2) is 54.6 Å². The lowest BCUT2D eigenvalue weighted by Gasteiger charge is -2.34. The van der Waals surface area contributed by atoms with Gasteiger partial charge in [-0.1, -0.05) is 12.1 Å². The molecule has 0 aliphatic carbocycles. The van der Waals surface area contributed by atoms with Crippen LogP contribution >= 0.6 is 0 Å². The largest absolute Gasteiger partial charge is 0.499 e. The van der Waals surface area contributed by atoms with Crippen molar-refractivity contribution in [2.24, 2.45) is 0 Å². The van der Waals surface area contributed by atoms with E-state index in [4.69, 9.17) is 0 Å². The maximum Gasteiger partial charge on any atom is 0.499 e. The fourth-order valence-corrected chi connectivity index (χ4v) is 3.66. The number of pyridine rings is 1. The monoisotopic (exact) mass is 452 g/mol. The molecule has 0 bridgehead atoms. The Kier molecular flexibility index (Phi) is 5.70. The summed E-state index contributed by atoms with van der Waals surface area (Å²) in [5.74, 6) is -0.868. The summed E-state index contributed by atoms with van der Waals surface area (Å²) in [6.07, 6.45) is -9.62. The number of rotatable bonds is 5. The highest BCUT2D eigenvalue weighted by atomic mass is 19.4. The van der Waals surface area contributed by atoms with E-state index >= 15 is 0 Å². The topological polar surface area (TPSA) is 57.3 Å². The van der Waals surface area contributed by atoms with E-state index in [2.05, 4.69) is 19.9 Å². The van der Waals surface area contributed by atoms with Crippen LogP contribution in [0, 0.1) is 0 Å². The van der Waals surface area contributed by atoms with Gasteiger partial charge in [0.05, 0.1) is 5.52 Å². The number of benzene rings is 2. The number of nitrogens with zero attached hydrogens (tertiary/aromatic N) is 2. The Balaban J connectivity index is 1.37. The van der Waals surface area contributed by atoms with Crippen LogP contribution in [-0.4, -0.2) is 36.4 Å². The van der Waals surface area contributed by atoms with Gasteiger partial charge in [-0.3, -0.25) is 5.11 Å². The third kappa shape index (κ3) is 4.79. The molecular weight excluding hydrogens is 433 g/mol. The van der Waals surface area contributed by atoms with Crippen LogP contribution in [-0.2, 0) is 5.11 Å². The third-order valence-corrected chi connectivity index (χ3v) is 5.29. The van der Waals surface area contributed by atoms with E-state index in [1.165, 1.54) is 12.1 Å². The van der Waals surface area contributed by atoms with E-state index in [0.717, 1.165) is 36.0 Å². The van der Waals surface area contributed by atoms with Crippen LogP contribution in [0.2, 0.25) is 0 Å². The summed E-state index contributed by atoms with van der Waals surface area (Å²) in [6, 6.07) is 14.0. The Bertz CT molecular complexity index is 1100. The Labute approximate surface area is 180 Å². The van der Waals surface area contributed by atoms with Crippen molar-refractivity contribution in [3.8, 4) is 11.6 Å². The van der Waals surface area contributed by atoms with Crippen molar-refractivity contribution in [1.29, 1.82) is 0 Å². The number of piperidine rings is 1. The minimum absolute atomic E-state index is 0.0106. The summed E-state index contributed by atoms with van der Waals surface area (Å²) in [4.78, 5) is 6.17.